The Morgan fingerprint density at radius 1 is 0.857 bits per heavy atom. The third-order valence-electron chi connectivity index (χ3n) is 6.79. The zero-order chi connectivity index (χ0) is 20.0. The maximum Gasteiger partial charge on any atom is 0.293 e. The van der Waals surface area contributed by atoms with Crippen LogP contribution in [0.15, 0.2) is 12.1 Å². The van der Waals surface area contributed by atoms with Crippen molar-refractivity contribution in [1.29, 1.82) is 0 Å². The van der Waals surface area contributed by atoms with Crippen molar-refractivity contribution in [3.63, 3.8) is 0 Å². The van der Waals surface area contributed by atoms with Crippen molar-refractivity contribution in [1.82, 2.24) is 0 Å². The second kappa shape index (κ2) is 9.19. The number of phenolic OH excluding ortho intramolecular Hbond substituents is 2. The summed E-state index contributed by atoms with van der Waals surface area (Å²) in [4.78, 5) is 10.5. The van der Waals surface area contributed by atoms with Crippen LogP contribution in [0.4, 0.5) is 0 Å². The molecule has 2 aliphatic carbocycles. The third-order valence-corrected chi connectivity index (χ3v) is 6.79. The van der Waals surface area contributed by atoms with Crippen LogP contribution in [0.1, 0.15) is 95.1 Å². The first-order valence-electron chi connectivity index (χ1n) is 11.1. The lowest BCUT2D eigenvalue weighted by molar-refractivity contribution is -0.135. The van der Waals surface area contributed by atoms with Crippen molar-refractivity contribution in [3.05, 3.63) is 23.3 Å². The van der Waals surface area contributed by atoms with E-state index in [-0.39, 0.29) is 17.1 Å². The first-order chi connectivity index (χ1) is 13.5. The van der Waals surface area contributed by atoms with E-state index in [0.29, 0.717) is 11.9 Å². The number of ether oxygens (including phenoxy) is 1. The van der Waals surface area contributed by atoms with Gasteiger partial charge < -0.3 is 14.9 Å². The molecule has 0 bridgehead atoms. The van der Waals surface area contributed by atoms with Crippen molar-refractivity contribution in [2.45, 2.75) is 102 Å². The van der Waals surface area contributed by atoms with E-state index in [0.717, 1.165) is 68.9 Å². The smallest absolute Gasteiger partial charge is 0.293 e. The number of hydrogen-bond acceptors (Lipinski definition) is 4. The van der Waals surface area contributed by atoms with Gasteiger partial charge in [-0.3, -0.25) is 4.79 Å². The van der Waals surface area contributed by atoms with Crippen molar-refractivity contribution in [3.8, 4) is 11.5 Å². The van der Waals surface area contributed by atoms with Gasteiger partial charge in [-0.2, -0.15) is 0 Å². The summed E-state index contributed by atoms with van der Waals surface area (Å²) in [6.07, 6.45) is 15.4. The molecule has 0 aromatic heterocycles. The summed E-state index contributed by atoms with van der Waals surface area (Å²) < 4.78 is 5.18. The molecule has 0 spiro atoms. The maximum atomic E-state index is 10.5. The Kier molecular flexibility index (Phi) is 6.90. The number of aromatic hydroxyl groups is 2. The predicted octanol–water partition coefficient (Wildman–Crippen LogP) is 5.81. The average Bonchev–Trinajstić information content (AvgIpc) is 3.57. The highest BCUT2D eigenvalue weighted by molar-refractivity contribution is 5.45. The Bertz CT molecular complexity index is 659. The van der Waals surface area contributed by atoms with Gasteiger partial charge in [0.15, 0.2) is 0 Å². The molecule has 3 rings (SSSR count). The molecule has 0 radical (unpaired) electrons. The molecule has 1 aromatic carbocycles. The molecule has 0 amide bonds. The van der Waals surface area contributed by atoms with E-state index in [1.165, 1.54) is 38.2 Å². The number of hydrogen-bond donors (Lipinski definition) is 2. The van der Waals surface area contributed by atoms with Crippen LogP contribution in [0.2, 0.25) is 0 Å². The normalized spacial score (nSPS) is 18.6. The van der Waals surface area contributed by atoms with Crippen LogP contribution in [-0.2, 0) is 22.4 Å². The van der Waals surface area contributed by atoms with E-state index in [1.54, 1.807) is 0 Å². The molecule has 2 saturated carbocycles. The summed E-state index contributed by atoms with van der Waals surface area (Å²) in [5.74, 6) is 0.419. The Morgan fingerprint density at radius 2 is 1.43 bits per heavy atom. The number of phenols is 2. The van der Waals surface area contributed by atoms with Gasteiger partial charge in [0, 0.05) is 6.07 Å². The quantitative estimate of drug-likeness (QED) is 0.312. The Hall–Kier alpha value is -1.71. The molecule has 1 aromatic rings. The molecule has 2 aliphatic rings. The van der Waals surface area contributed by atoms with Gasteiger partial charge in [0.25, 0.3) is 6.47 Å². The Morgan fingerprint density at radius 3 is 1.93 bits per heavy atom. The summed E-state index contributed by atoms with van der Waals surface area (Å²) in [6, 6.07) is 3.50. The lowest BCUT2D eigenvalue weighted by Crippen LogP contribution is -2.12. The fourth-order valence-electron chi connectivity index (χ4n) is 4.19. The highest BCUT2D eigenvalue weighted by Gasteiger charge is 2.44. The maximum absolute atomic E-state index is 10.5. The van der Waals surface area contributed by atoms with Gasteiger partial charge in [-0.1, -0.05) is 26.2 Å². The van der Waals surface area contributed by atoms with Crippen LogP contribution < -0.4 is 0 Å². The fourth-order valence-corrected chi connectivity index (χ4v) is 4.19. The van der Waals surface area contributed by atoms with Gasteiger partial charge in [-0.05, 0) is 93.2 Å². The molecule has 0 atom stereocenters. The van der Waals surface area contributed by atoms with Crippen molar-refractivity contribution in [2.75, 3.05) is 0 Å². The van der Waals surface area contributed by atoms with Crippen molar-refractivity contribution >= 4 is 6.47 Å². The van der Waals surface area contributed by atoms with Gasteiger partial charge in [-0.15, -0.1) is 0 Å². The van der Waals surface area contributed by atoms with E-state index in [4.69, 9.17) is 4.74 Å². The van der Waals surface area contributed by atoms with E-state index in [1.807, 2.05) is 6.07 Å². The molecular weight excluding hydrogens is 352 g/mol. The van der Waals surface area contributed by atoms with Crippen LogP contribution >= 0.6 is 0 Å². The number of rotatable bonds is 14. The first kappa shape index (κ1) is 21.0. The number of carbonyl (C=O) groups is 1. The lowest BCUT2D eigenvalue weighted by atomic mass is 9.97. The zero-order valence-corrected chi connectivity index (χ0v) is 17.3. The van der Waals surface area contributed by atoms with E-state index >= 15 is 0 Å². The molecule has 4 nitrogen and oxygen atoms in total. The van der Waals surface area contributed by atoms with Crippen molar-refractivity contribution < 1.29 is 19.7 Å². The van der Waals surface area contributed by atoms with E-state index < -0.39 is 0 Å². The van der Waals surface area contributed by atoms with Crippen LogP contribution in [0, 0.1) is 5.41 Å². The molecule has 28 heavy (non-hydrogen) atoms. The van der Waals surface area contributed by atoms with Crippen LogP contribution in [-0.4, -0.2) is 22.3 Å². The molecule has 4 heteroatoms. The highest BCUT2D eigenvalue weighted by atomic mass is 16.5. The van der Waals surface area contributed by atoms with Gasteiger partial charge in [-0.25, -0.2) is 0 Å². The molecule has 2 N–H and O–H groups in total. The molecule has 0 aliphatic heterocycles. The minimum atomic E-state index is -0.160. The summed E-state index contributed by atoms with van der Waals surface area (Å²) >= 11 is 0. The third kappa shape index (κ3) is 6.15. The van der Waals surface area contributed by atoms with Crippen molar-refractivity contribution in [2.24, 2.45) is 5.41 Å². The second-order valence-corrected chi connectivity index (χ2v) is 9.44. The molecular formula is C24H36O4. The summed E-state index contributed by atoms with van der Waals surface area (Å²) in [6.45, 7) is 2.96. The van der Waals surface area contributed by atoms with Gasteiger partial charge in [0.1, 0.15) is 17.1 Å². The number of carbonyl (C=O) groups excluding carboxylic acids is 1. The zero-order valence-electron chi connectivity index (χ0n) is 17.3. The average molecular weight is 389 g/mol. The van der Waals surface area contributed by atoms with Gasteiger partial charge >= 0.3 is 0 Å². The number of benzene rings is 1. The lowest BCUT2D eigenvalue weighted by Gasteiger charge is -2.13. The minimum absolute atomic E-state index is 0.160. The topological polar surface area (TPSA) is 66.8 Å². The highest BCUT2D eigenvalue weighted by Crippen LogP contribution is 2.49. The van der Waals surface area contributed by atoms with Gasteiger partial charge in [0.2, 0.25) is 0 Å². The molecule has 2 fully saturated rings. The predicted molar refractivity (Wildman–Crippen MR) is 111 cm³/mol. The molecule has 0 heterocycles. The largest absolute Gasteiger partial charge is 0.508 e. The van der Waals surface area contributed by atoms with Crippen LogP contribution in [0.5, 0.6) is 11.5 Å². The summed E-state index contributed by atoms with van der Waals surface area (Å²) in [7, 11) is 0. The number of unbranched alkanes of at least 4 members (excludes halogenated alkanes) is 4. The molecule has 0 saturated heterocycles. The minimum Gasteiger partial charge on any atom is -0.508 e. The summed E-state index contributed by atoms with van der Waals surface area (Å²) in [5, 5.41) is 20.3. The molecule has 0 unspecified atom stereocenters. The van der Waals surface area contributed by atoms with E-state index in [2.05, 4.69) is 6.92 Å². The fraction of sp³-hybridized carbons (Fsp3) is 0.708. The summed E-state index contributed by atoms with van der Waals surface area (Å²) in [5.41, 5.74) is 2.36. The van der Waals surface area contributed by atoms with E-state index in [9.17, 15) is 15.0 Å². The SMILES string of the molecule is CC1(CCCCCc2cc(CCCCCC3(OC=O)CC3)c(O)cc2O)CC1. The number of aryl methyl sites for hydroxylation is 2. The Balaban J connectivity index is 1.37. The van der Waals surface area contributed by atoms with Gasteiger partial charge in [0.05, 0.1) is 0 Å². The Labute approximate surface area is 169 Å². The standard InChI is InChI=1S/C24H36O4/c1-23(12-13-23)10-6-2-4-8-19-16-20(22(27)17-21(19)26)9-5-3-7-11-24(14-15-24)28-18-25/h16-18,26-27H,2-15H2,1H3. The van der Waals surface area contributed by atoms with Crippen LogP contribution in [0.25, 0.3) is 0 Å². The van der Waals surface area contributed by atoms with Crippen LogP contribution in [0.3, 0.4) is 0 Å². The molecule has 156 valence electrons. The second-order valence-electron chi connectivity index (χ2n) is 9.44. The monoisotopic (exact) mass is 388 g/mol. The first-order valence-corrected chi connectivity index (χ1v) is 11.1.